The topological polar surface area (TPSA) is 75.2 Å². The molecule has 0 saturated carbocycles. The lowest BCUT2D eigenvalue weighted by atomic mass is 10.3. The molecule has 15 heavy (non-hydrogen) atoms. The summed E-state index contributed by atoms with van der Waals surface area (Å²) in [6.07, 6.45) is 3.17. The van der Waals surface area contributed by atoms with Gasteiger partial charge in [0.1, 0.15) is 5.82 Å². The zero-order chi connectivity index (χ0) is 10.7. The summed E-state index contributed by atoms with van der Waals surface area (Å²) in [4.78, 5) is 31.9. The molecule has 6 nitrogen and oxygen atoms in total. The molecular weight excluding hydrogens is 196 g/mol. The van der Waals surface area contributed by atoms with Crippen molar-refractivity contribution >= 4 is 11.8 Å². The first-order valence-electron chi connectivity index (χ1n) is 4.57. The molecule has 0 aromatic carbocycles. The molecule has 2 rings (SSSR count). The van der Waals surface area contributed by atoms with Crippen molar-refractivity contribution in [1.29, 1.82) is 0 Å². The number of nitrogens with zero attached hydrogens (tertiary/aromatic N) is 3. The summed E-state index contributed by atoms with van der Waals surface area (Å²) in [5, 5.41) is 2.72. The second kappa shape index (κ2) is 4.14. The maximum absolute atomic E-state index is 11.4. The first-order chi connectivity index (χ1) is 7.27. The van der Waals surface area contributed by atoms with Gasteiger partial charge in [0, 0.05) is 12.4 Å². The van der Waals surface area contributed by atoms with Crippen LogP contribution in [0.3, 0.4) is 0 Å². The fraction of sp³-hybridized carbons (Fsp3) is 0.333. The summed E-state index contributed by atoms with van der Waals surface area (Å²) in [5.41, 5.74) is 0. The third kappa shape index (κ3) is 2.16. The molecule has 6 heteroatoms. The number of rotatable bonds is 2. The first-order valence-corrected chi connectivity index (χ1v) is 4.57. The second-order valence-electron chi connectivity index (χ2n) is 3.14. The van der Waals surface area contributed by atoms with Gasteiger partial charge in [-0.05, 0) is 6.07 Å². The van der Waals surface area contributed by atoms with Gasteiger partial charge in [-0.25, -0.2) is 9.97 Å². The number of hydrogen-bond donors (Lipinski definition) is 1. The van der Waals surface area contributed by atoms with Gasteiger partial charge in [0.15, 0.2) is 0 Å². The molecule has 78 valence electrons. The van der Waals surface area contributed by atoms with Crippen molar-refractivity contribution < 1.29 is 9.59 Å². The van der Waals surface area contributed by atoms with Crippen LogP contribution in [0.15, 0.2) is 18.5 Å². The Hall–Kier alpha value is -1.82. The number of nitrogens with one attached hydrogen (secondary N) is 1. The number of aromatic nitrogens is 2. The molecule has 1 aliphatic rings. The Morgan fingerprint density at radius 3 is 2.40 bits per heavy atom. The Kier molecular flexibility index (Phi) is 2.68. The van der Waals surface area contributed by atoms with E-state index in [2.05, 4.69) is 15.3 Å². The fourth-order valence-electron chi connectivity index (χ4n) is 1.34. The van der Waals surface area contributed by atoms with E-state index in [1.807, 2.05) is 0 Å². The summed E-state index contributed by atoms with van der Waals surface area (Å²) in [5.74, 6) is -0.00138. The molecule has 2 amide bonds. The van der Waals surface area contributed by atoms with Crippen molar-refractivity contribution in [3.63, 3.8) is 0 Å². The molecule has 0 unspecified atom stereocenters. The van der Waals surface area contributed by atoms with Gasteiger partial charge in [-0.2, -0.15) is 0 Å². The molecule has 0 aliphatic carbocycles. The molecule has 2 heterocycles. The first kappa shape index (κ1) is 9.72. The molecule has 0 radical (unpaired) electrons. The van der Waals surface area contributed by atoms with Crippen LogP contribution in [0.25, 0.3) is 0 Å². The molecule has 0 spiro atoms. The Morgan fingerprint density at radius 1 is 1.20 bits per heavy atom. The van der Waals surface area contributed by atoms with Crippen LogP contribution in [0.1, 0.15) is 5.82 Å². The van der Waals surface area contributed by atoms with Crippen molar-refractivity contribution in [3.05, 3.63) is 24.3 Å². The van der Waals surface area contributed by atoms with Gasteiger partial charge in [0.25, 0.3) is 0 Å². The van der Waals surface area contributed by atoms with Crippen LogP contribution in [0, 0.1) is 0 Å². The number of carbonyl (C=O) groups is 2. The van der Waals surface area contributed by atoms with E-state index >= 15 is 0 Å². The van der Waals surface area contributed by atoms with E-state index in [-0.39, 0.29) is 31.4 Å². The molecule has 1 aromatic heterocycles. The van der Waals surface area contributed by atoms with Crippen LogP contribution in [-0.2, 0) is 16.1 Å². The second-order valence-corrected chi connectivity index (χ2v) is 3.14. The van der Waals surface area contributed by atoms with Crippen molar-refractivity contribution in [2.45, 2.75) is 6.54 Å². The van der Waals surface area contributed by atoms with Crippen LogP contribution < -0.4 is 5.32 Å². The monoisotopic (exact) mass is 206 g/mol. The summed E-state index contributed by atoms with van der Waals surface area (Å²) >= 11 is 0. The standard InChI is InChI=1S/C9H10N4O2/c14-8-4-10-5-9(15)13(8)6-7-11-2-1-3-12-7/h1-3,10H,4-6H2. The normalized spacial score (nSPS) is 16.9. The largest absolute Gasteiger partial charge is 0.300 e. The van der Waals surface area contributed by atoms with Crippen LogP contribution in [0.2, 0.25) is 0 Å². The summed E-state index contributed by atoms with van der Waals surface area (Å²) in [7, 11) is 0. The van der Waals surface area contributed by atoms with Gasteiger partial charge in [0.2, 0.25) is 11.8 Å². The van der Waals surface area contributed by atoms with Crippen LogP contribution in [0.5, 0.6) is 0 Å². The molecule has 1 N–H and O–H groups in total. The van der Waals surface area contributed by atoms with E-state index < -0.39 is 0 Å². The number of imide groups is 1. The summed E-state index contributed by atoms with van der Waals surface area (Å²) in [6, 6.07) is 1.69. The van der Waals surface area contributed by atoms with E-state index in [1.54, 1.807) is 18.5 Å². The van der Waals surface area contributed by atoms with Gasteiger partial charge in [-0.1, -0.05) is 0 Å². The van der Waals surface area contributed by atoms with Gasteiger partial charge >= 0.3 is 0 Å². The highest BCUT2D eigenvalue weighted by molar-refractivity contribution is 5.99. The van der Waals surface area contributed by atoms with Crippen LogP contribution >= 0.6 is 0 Å². The minimum absolute atomic E-state index is 0.153. The van der Waals surface area contributed by atoms with Crippen LogP contribution in [-0.4, -0.2) is 39.8 Å². The van der Waals surface area contributed by atoms with Gasteiger partial charge in [-0.3, -0.25) is 19.8 Å². The number of carbonyl (C=O) groups excluding carboxylic acids is 2. The highest BCUT2D eigenvalue weighted by atomic mass is 16.2. The van der Waals surface area contributed by atoms with Crippen molar-refractivity contribution in [1.82, 2.24) is 20.2 Å². The highest BCUT2D eigenvalue weighted by Crippen LogP contribution is 2.01. The van der Waals surface area contributed by atoms with Crippen molar-refractivity contribution in [2.75, 3.05) is 13.1 Å². The lowest BCUT2D eigenvalue weighted by molar-refractivity contribution is -0.147. The van der Waals surface area contributed by atoms with Gasteiger partial charge in [0.05, 0.1) is 19.6 Å². The fourth-order valence-corrected chi connectivity index (χ4v) is 1.34. The van der Waals surface area contributed by atoms with E-state index in [0.29, 0.717) is 5.82 Å². The number of piperazine rings is 1. The van der Waals surface area contributed by atoms with Crippen molar-refractivity contribution in [2.24, 2.45) is 0 Å². The molecule has 1 fully saturated rings. The lowest BCUT2D eigenvalue weighted by Crippen LogP contribution is -2.51. The zero-order valence-corrected chi connectivity index (χ0v) is 8.01. The third-order valence-corrected chi connectivity index (χ3v) is 2.07. The van der Waals surface area contributed by atoms with E-state index in [4.69, 9.17) is 0 Å². The van der Waals surface area contributed by atoms with E-state index in [9.17, 15) is 9.59 Å². The Labute approximate surface area is 86.3 Å². The number of amides is 2. The molecule has 0 atom stereocenters. The third-order valence-electron chi connectivity index (χ3n) is 2.07. The number of hydrogen-bond acceptors (Lipinski definition) is 5. The molecule has 1 saturated heterocycles. The molecular formula is C9H10N4O2. The van der Waals surface area contributed by atoms with E-state index in [1.165, 1.54) is 4.90 Å². The van der Waals surface area contributed by atoms with Crippen molar-refractivity contribution in [3.8, 4) is 0 Å². The minimum atomic E-state index is -0.237. The summed E-state index contributed by atoms with van der Waals surface area (Å²) in [6.45, 7) is 0.539. The van der Waals surface area contributed by atoms with E-state index in [0.717, 1.165) is 0 Å². The predicted molar refractivity (Wildman–Crippen MR) is 50.5 cm³/mol. The quantitative estimate of drug-likeness (QED) is 0.624. The maximum Gasteiger partial charge on any atom is 0.243 e. The maximum atomic E-state index is 11.4. The summed E-state index contributed by atoms with van der Waals surface area (Å²) < 4.78 is 0. The highest BCUT2D eigenvalue weighted by Gasteiger charge is 2.26. The Morgan fingerprint density at radius 2 is 1.80 bits per heavy atom. The van der Waals surface area contributed by atoms with Gasteiger partial charge in [-0.15, -0.1) is 0 Å². The molecule has 1 aliphatic heterocycles. The van der Waals surface area contributed by atoms with Crippen LogP contribution in [0.4, 0.5) is 0 Å². The zero-order valence-electron chi connectivity index (χ0n) is 8.01. The lowest BCUT2D eigenvalue weighted by Gasteiger charge is -2.24. The SMILES string of the molecule is O=C1CNCC(=O)N1Cc1ncccn1. The average Bonchev–Trinajstić information content (AvgIpc) is 2.25. The predicted octanol–water partition coefficient (Wildman–Crippen LogP) is -1.06. The molecule has 0 bridgehead atoms. The minimum Gasteiger partial charge on any atom is -0.300 e. The average molecular weight is 206 g/mol. The Bertz CT molecular complexity index is 363. The van der Waals surface area contributed by atoms with Gasteiger partial charge < -0.3 is 0 Å². The molecule has 1 aromatic rings. The smallest absolute Gasteiger partial charge is 0.243 e. The Balaban J connectivity index is 2.10.